The van der Waals surface area contributed by atoms with E-state index in [-0.39, 0.29) is 139 Å². The van der Waals surface area contributed by atoms with Crippen molar-refractivity contribution in [1.82, 2.24) is 15.0 Å². The first-order valence-electron chi connectivity index (χ1n) is 13.2. The number of aromatic amines is 1. The average molecular weight is 785 g/mol. The van der Waals surface area contributed by atoms with Gasteiger partial charge in [0, 0.05) is 113 Å². The Morgan fingerprint density at radius 2 is 1.53 bits per heavy atom. The molecule has 51 heavy (non-hydrogen) atoms. The van der Waals surface area contributed by atoms with Crippen molar-refractivity contribution < 1.29 is 45.7 Å². The van der Waals surface area contributed by atoms with E-state index in [0.717, 1.165) is 12.1 Å². The van der Waals surface area contributed by atoms with Crippen LogP contribution in [-0.4, -0.2) is 160 Å². The smallest absolute Gasteiger partial charge is 0.335 e. The van der Waals surface area contributed by atoms with Gasteiger partial charge in [-0.1, -0.05) is 0 Å². The van der Waals surface area contributed by atoms with E-state index in [2.05, 4.69) is 30.2 Å². The number of fused-ring (bicyclic) bond motifs is 1. The monoisotopic (exact) mass is 784 g/mol. The number of carbonyl (C=O) groups is 1. The number of hydrogen-bond acceptors (Lipinski definition) is 13. The fourth-order valence-corrected chi connectivity index (χ4v) is 5.80. The van der Waals surface area contributed by atoms with Crippen LogP contribution in [0, 0.1) is 0 Å². The summed E-state index contributed by atoms with van der Waals surface area (Å²) in [5, 5.41) is 27.8. The number of hydrogen-bond donors (Lipinski definition) is 5. The summed E-state index contributed by atoms with van der Waals surface area (Å²) in [5.41, 5.74) is -0.467. The zero-order chi connectivity index (χ0) is 35.0. The molecule has 0 amide bonds. The number of carboxylic acid groups (broad SMARTS) is 1. The minimum atomic E-state index is -4.94. The van der Waals surface area contributed by atoms with Gasteiger partial charge in [-0.05, 0) is 77.7 Å². The third kappa shape index (κ3) is 10.6. The SMILES string of the molecule is COc1ccc(N=c2nc(Cl)nc(N(C)c3ccc4c(O)c(N=Nc5ccc(C(=O)O)cc5)c(S(=O)(=O)O)cc4c3)[nH]2)c(S(=O)(=O)O)c1.[Na].[Na].[Na]. The fourth-order valence-electron chi connectivity index (χ4n) is 4.34. The first-order valence-corrected chi connectivity index (χ1v) is 16.4. The van der Waals surface area contributed by atoms with Crippen molar-refractivity contribution in [2.24, 2.45) is 15.2 Å². The van der Waals surface area contributed by atoms with Gasteiger partial charge in [0.15, 0.2) is 5.75 Å². The molecule has 5 aromatic rings. The molecule has 4 aromatic carbocycles. The summed E-state index contributed by atoms with van der Waals surface area (Å²) in [7, 11) is -6.81. The van der Waals surface area contributed by atoms with Gasteiger partial charge >= 0.3 is 5.97 Å². The second kappa shape index (κ2) is 18.0. The largest absolute Gasteiger partial charge is 0.505 e. The number of halogens is 1. The van der Waals surface area contributed by atoms with Crippen LogP contribution in [0.25, 0.3) is 10.8 Å². The van der Waals surface area contributed by atoms with E-state index in [4.69, 9.17) is 21.4 Å². The molecule has 1 heterocycles. The second-order valence-electron chi connectivity index (χ2n) is 9.75. The topological polar surface area (TPSA) is 257 Å². The summed E-state index contributed by atoms with van der Waals surface area (Å²) in [6.07, 6.45) is 0. The van der Waals surface area contributed by atoms with Crippen LogP contribution < -0.4 is 15.3 Å². The van der Waals surface area contributed by atoms with Crippen molar-refractivity contribution in [2.75, 3.05) is 19.1 Å². The molecule has 0 spiro atoms. The van der Waals surface area contributed by atoms with Gasteiger partial charge in [0.25, 0.3) is 20.2 Å². The number of carboxylic acids is 1. The number of H-pyrrole nitrogens is 1. The Hall–Kier alpha value is -2.47. The summed E-state index contributed by atoms with van der Waals surface area (Å²) < 4.78 is 73.3. The van der Waals surface area contributed by atoms with Gasteiger partial charge in [-0.2, -0.15) is 31.9 Å². The summed E-state index contributed by atoms with van der Waals surface area (Å²) in [6, 6.07) is 14.4. The molecular weight excluding hydrogens is 763 g/mol. The van der Waals surface area contributed by atoms with Crippen LogP contribution >= 0.6 is 11.6 Å². The van der Waals surface area contributed by atoms with Gasteiger partial charge < -0.3 is 19.8 Å². The average Bonchev–Trinajstić information content (AvgIpc) is 3.02. The van der Waals surface area contributed by atoms with E-state index in [1.165, 1.54) is 66.6 Å². The molecule has 23 heteroatoms. The number of benzene rings is 4. The normalized spacial score (nSPS) is 11.7. The molecular formula is C28H22ClN7Na3O10S2. The van der Waals surface area contributed by atoms with E-state index < -0.39 is 47.4 Å². The van der Waals surface area contributed by atoms with Crippen molar-refractivity contribution in [2.45, 2.75) is 9.79 Å². The second-order valence-corrected chi connectivity index (χ2v) is 12.9. The maximum absolute atomic E-state index is 12.3. The van der Waals surface area contributed by atoms with E-state index in [9.17, 15) is 35.8 Å². The maximum atomic E-state index is 12.3. The third-order valence-electron chi connectivity index (χ3n) is 6.69. The molecule has 0 aliphatic heterocycles. The summed E-state index contributed by atoms with van der Waals surface area (Å²) in [4.78, 5) is 26.2. The van der Waals surface area contributed by atoms with E-state index in [1.54, 1.807) is 7.05 Å². The standard InChI is InChI=1S/C28H22ClN7O10S2.3Na/c1-36(28-32-26(29)31-27(33-28)30-20-10-8-18(46-2)13-21(20)47(40,41)42)17-7-9-19-15(11-17)12-22(48(43,44)45)23(24(19)37)35-34-16-5-3-14(4-6-16)25(38)39;;;/h3-13,37H,1-2H3,(H,38,39)(H,40,41,42)(H,43,44,45)(H,30,31,32,33);;;. The zero-order valence-corrected chi connectivity index (χ0v) is 35.9. The molecule has 17 nitrogen and oxygen atoms in total. The third-order valence-corrected chi connectivity index (χ3v) is 8.61. The van der Waals surface area contributed by atoms with Gasteiger partial charge in [-0.15, -0.1) is 5.11 Å². The number of rotatable bonds is 9. The first kappa shape index (κ1) is 44.7. The van der Waals surface area contributed by atoms with Crippen molar-refractivity contribution in [3.63, 3.8) is 0 Å². The van der Waals surface area contributed by atoms with Crippen molar-refractivity contribution in [1.29, 1.82) is 0 Å². The van der Waals surface area contributed by atoms with Gasteiger partial charge in [0.2, 0.25) is 16.9 Å². The number of ether oxygens (including phenoxy) is 1. The number of phenols is 1. The molecule has 0 bridgehead atoms. The van der Waals surface area contributed by atoms with E-state index in [0.29, 0.717) is 5.69 Å². The number of anilines is 2. The molecule has 1 aromatic heterocycles. The van der Waals surface area contributed by atoms with Crippen LogP contribution in [0.5, 0.6) is 11.5 Å². The zero-order valence-electron chi connectivity index (χ0n) is 27.5. The number of aromatic hydroxyl groups is 1. The van der Waals surface area contributed by atoms with Gasteiger partial charge in [0.05, 0.1) is 24.0 Å². The fraction of sp³-hybridized carbons (Fsp3) is 0.0714. The van der Waals surface area contributed by atoms with Crippen LogP contribution in [-0.2, 0) is 20.2 Å². The molecule has 0 aliphatic rings. The van der Waals surface area contributed by atoms with Crippen LogP contribution in [0.4, 0.5) is 28.7 Å². The number of methoxy groups -OCH3 is 1. The maximum Gasteiger partial charge on any atom is 0.335 e. The molecule has 5 N–H and O–H groups in total. The van der Waals surface area contributed by atoms with Crippen molar-refractivity contribution in [3.05, 3.63) is 83.2 Å². The predicted molar refractivity (Wildman–Crippen MR) is 188 cm³/mol. The Kier molecular flexibility index (Phi) is 15.8. The number of nitrogens with one attached hydrogen (secondary N) is 1. The minimum Gasteiger partial charge on any atom is -0.505 e. The molecule has 0 unspecified atom stereocenters. The Morgan fingerprint density at radius 3 is 2.12 bits per heavy atom. The molecule has 0 atom stereocenters. The van der Waals surface area contributed by atoms with Crippen molar-refractivity contribution in [3.8, 4) is 11.5 Å². The summed E-state index contributed by atoms with van der Waals surface area (Å²) in [6.45, 7) is 0. The Bertz CT molecular complexity index is 2440. The molecule has 0 saturated carbocycles. The Labute approximate surface area is 361 Å². The van der Waals surface area contributed by atoms with Crippen LogP contribution in [0.3, 0.4) is 0 Å². The summed E-state index contributed by atoms with van der Waals surface area (Å²) >= 11 is 6.14. The van der Waals surface area contributed by atoms with E-state index >= 15 is 0 Å². The minimum absolute atomic E-state index is 0. The number of aromatic nitrogens is 3. The molecule has 0 saturated heterocycles. The van der Waals surface area contributed by atoms with Gasteiger partial charge in [-0.25, -0.2) is 9.79 Å². The molecule has 5 rings (SSSR count). The number of nitrogens with zero attached hydrogens (tertiary/aromatic N) is 6. The van der Waals surface area contributed by atoms with Crippen molar-refractivity contribution >= 4 is 166 Å². The first-order chi connectivity index (χ1) is 22.5. The number of azo groups is 1. The summed E-state index contributed by atoms with van der Waals surface area (Å²) in [5.74, 6) is -1.60. The Balaban J connectivity index is 0.00000300. The molecule has 0 aliphatic carbocycles. The van der Waals surface area contributed by atoms with Crippen LogP contribution in [0.15, 0.2) is 91.7 Å². The van der Waals surface area contributed by atoms with E-state index in [1.807, 2.05) is 0 Å². The van der Waals surface area contributed by atoms with Crippen LogP contribution in [0.1, 0.15) is 10.4 Å². The number of phenolic OH excluding ortho intramolecular Hbond substituents is 1. The van der Waals surface area contributed by atoms with Gasteiger partial charge in [0.1, 0.15) is 21.2 Å². The number of aromatic carboxylic acids is 1. The van der Waals surface area contributed by atoms with Crippen LogP contribution in [0.2, 0.25) is 5.28 Å². The molecule has 3 radical (unpaired) electrons. The quantitative estimate of drug-likeness (QED) is 0.0811. The van der Waals surface area contributed by atoms with Gasteiger partial charge in [-0.3, -0.25) is 14.1 Å². The predicted octanol–water partition coefficient (Wildman–Crippen LogP) is 3.79. The molecule has 251 valence electrons. The Morgan fingerprint density at radius 1 is 0.882 bits per heavy atom. The molecule has 0 fully saturated rings.